The summed E-state index contributed by atoms with van der Waals surface area (Å²) in [7, 11) is 0. The zero-order chi connectivity index (χ0) is 15.4. The molecule has 3 nitrogen and oxygen atoms in total. The lowest BCUT2D eigenvalue weighted by Crippen LogP contribution is -2.22. The molecule has 0 aliphatic carbocycles. The largest absolute Gasteiger partial charge is 0.316 e. The van der Waals surface area contributed by atoms with Crippen LogP contribution in [0, 0.1) is 23.4 Å². The number of nitrogens with zero attached hydrogens (tertiary/aromatic N) is 2. The third kappa shape index (κ3) is 4.01. The van der Waals surface area contributed by atoms with Crippen LogP contribution >= 0.6 is 11.3 Å². The predicted octanol–water partition coefficient (Wildman–Crippen LogP) is 3.41. The molecule has 0 radical (unpaired) electrons. The van der Waals surface area contributed by atoms with Crippen LogP contribution in [0.2, 0.25) is 0 Å². The smallest absolute Gasteiger partial charge is 0.195 e. The number of benzene rings is 1. The maximum absolute atomic E-state index is 13.7. The van der Waals surface area contributed by atoms with Gasteiger partial charge in [0.2, 0.25) is 0 Å². The number of hydrogen-bond acceptors (Lipinski definition) is 4. The number of rotatable bonds is 6. The van der Waals surface area contributed by atoms with Crippen molar-refractivity contribution in [1.29, 1.82) is 0 Å². The second-order valence-electron chi connectivity index (χ2n) is 5.07. The summed E-state index contributed by atoms with van der Waals surface area (Å²) in [6.45, 7) is 5.88. The van der Waals surface area contributed by atoms with E-state index >= 15 is 0 Å². The summed E-state index contributed by atoms with van der Waals surface area (Å²) in [6, 6.07) is 2.06. The molecular weight excluding hydrogens is 299 g/mol. The second-order valence-corrected chi connectivity index (χ2v) is 6.13. The molecule has 0 atom stereocenters. The fourth-order valence-corrected chi connectivity index (χ4v) is 2.60. The first kappa shape index (κ1) is 15.9. The molecule has 2 rings (SSSR count). The minimum Gasteiger partial charge on any atom is -0.316 e. The van der Waals surface area contributed by atoms with Crippen molar-refractivity contribution in [2.45, 2.75) is 20.3 Å². The van der Waals surface area contributed by atoms with Crippen LogP contribution in [-0.2, 0) is 6.42 Å². The Balaban J connectivity index is 2.05. The summed E-state index contributed by atoms with van der Waals surface area (Å²) in [5, 5.41) is 12.0. The highest BCUT2D eigenvalue weighted by atomic mass is 32.1. The van der Waals surface area contributed by atoms with Crippen LogP contribution in [0.4, 0.5) is 13.2 Å². The summed E-state index contributed by atoms with van der Waals surface area (Å²) in [5.74, 6) is -3.36. The molecule has 0 aliphatic heterocycles. The topological polar surface area (TPSA) is 37.8 Å². The Hall–Kier alpha value is -1.47. The van der Waals surface area contributed by atoms with E-state index in [0.29, 0.717) is 12.3 Å². The summed E-state index contributed by atoms with van der Waals surface area (Å²) in [4.78, 5) is 0. The maximum Gasteiger partial charge on any atom is 0.195 e. The van der Waals surface area contributed by atoms with Crippen molar-refractivity contribution in [3.05, 3.63) is 34.6 Å². The Morgan fingerprint density at radius 1 is 1.14 bits per heavy atom. The van der Waals surface area contributed by atoms with Crippen molar-refractivity contribution in [2.24, 2.45) is 5.92 Å². The molecule has 0 fully saturated rings. The average Bonchev–Trinajstić information content (AvgIpc) is 2.89. The van der Waals surface area contributed by atoms with E-state index in [4.69, 9.17) is 0 Å². The number of halogens is 3. The second kappa shape index (κ2) is 7.00. The molecule has 0 bridgehead atoms. The summed E-state index contributed by atoms with van der Waals surface area (Å²) < 4.78 is 39.8. The Labute approximate surface area is 125 Å². The monoisotopic (exact) mass is 315 g/mol. The van der Waals surface area contributed by atoms with E-state index in [1.54, 1.807) is 0 Å². The molecule has 0 unspecified atom stereocenters. The van der Waals surface area contributed by atoms with Gasteiger partial charge in [-0.3, -0.25) is 0 Å². The van der Waals surface area contributed by atoms with Crippen LogP contribution in [0.25, 0.3) is 10.6 Å². The van der Waals surface area contributed by atoms with E-state index in [-0.39, 0.29) is 10.6 Å². The van der Waals surface area contributed by atoms with E-state index in [0.717, 1.165) is 24.2 Å². The van der Waals surface area contributed by atoms with E-state index in [1.165, 1.54) is 17.4 Å². The quantitative estimate of drug-likeness (QED) is 0.656. The fraction of sp³-hybridized carbons (Fsp3) is 0.429. The van der Waals surface area contributed by atoms with Gasteiger partial charge in [-0.2, -0.15) is 0 Å². The number of aromatic nitrogens is 2. The molecule has 2 aromatic rings. The highest BCUT2D eigenvalue weighted by Gasteiger charge is 2.17. The van der Waals surface area contributed by atoms with Crippen molar-refractivity contribution in [1.82, 2.24) is 15.5 Å². The molecule has 0 saturated carbocycles. The van der Waals surface area contributed by atoms with E-state index in [9.17, 15) is 13.2 Å². The summed E-state index contributed by atoms with van der Waals surface area (Å²) in [6.07, 6.45) is 0.662. The lowest BCUT2D eigenvalue weighted by Gasteiger charge is -2.05. The lowest BCUT2D eigenvalue weighted by atomic mass is 10.2. The first-order valence-electron chi connectivity index (χ1n) is 6.66. The van der Waals surface area contributed by atoms with Gasteiger partial charge in [0.1, 0.15) is 5.01 Å². The van der Waals surface area contributed by atoms with Gasteiger partial charge in [0, 0.05) is 13.0 Å². The van der Waals surface area contributed by atoms with Gasteiger partial charge in [-0.25, -0.2) is 13.2 Å². The summed E-state index contributed by atoms with van der Waals surface area (Å²) >= 11 is 1.18. The molecule has 0 amide bonds. The van der Waals surface area contributed by atoms with Crippen molar-refractivity contribution >= 4 is 11.3 Å². The minimum atomic E-state index is -1.48. The predicted molar refractivity (Wildman–Crippen MR) is 76.6 cm³/mol. The molecule has 7 heteroatoms. The molecule has 21 heavy (non-hydrogen) atoms. The molecule has 114 valence electrons. The lowest BCUT2D eigenvalue weighted by molar-refractivity contribution is 0.449. The van der Waals surface area contributed by atoms with Crippen LogP contribution in [0.3, 0.4) is 0 Å². The van der Waals surface area contributed by atoms with Gasteiger partial charge in [-0.05, 0) is 24.6 Å². The van der Waals surface area contributed by atoms with Gasteiger partial charge < -0.3 is 5.32 Å². The van der Waals surface area contributed by atoms with Crippen molar-refractivity contribution < 1.29 is 13.2 Å². The molecule has 0 aliphatic rings. The van der Waals surface area contributed by atoms with Crippen LogP contribution in [-0.4, -0.2) is 23.3 Å². The van der Waals surface area contributed by atoms with Gasteiger partial charge in [-0.15, -0.1) is 10.2 Å². The molecule has 1 aromatic heterocycles. The Kier molecular flexibility index (Phi) is 5.30. The molecule has 0 spiro atoms. The highest BCUT2D eigenvalue weighted by molar-refractivity contribution is 7.14. The van der Waals surface area contributed by atoms with Crippen molar-refractivity contribution in [3.63, 3.8) is 0 Å². The average molecular weight is 315 g/mol. The van der Waals surface area contributed by atoms with Crippen LogP contribution in [0.5, 0.6) is 0 Å². The number of nitrogens with one attached hydrogen (secondary N) is 1. The van der Waals surface area contributed by atoms with E-state index < -0.39 is 17.5 Å². The molecule has 1 N–H and O–H groups in total. The van der Waals surface area contributed by atoms with Crippen molar-refractivity contribution in [2.75, 3.05) is 13.1 Å². The standard InChI is InChI=1S/C14H16F3N3S/c1-8(2)7-18-6-5-11-19-20-14(21-11)9-3-4-10(15)13(17)12(9)16/h3-4,8,18H,5-7H2,1-2H3. The Morgan fingerprint density at radius 2 is 1.90 bits per heavy atom. The third-order valence-corrected chi connectivity index (χ3v) is 3.82. The van der Waals surface area contributed by atoms with Crippen LogP contribution in [0.15, 0.2) is 12.1 Å². The van der Waals surface area contributed by atoms with Crippen molar-refractivity contribution in [3.8, 4) is 10.6 Å². The first-order valence-corrected chi connectivity index (χ1v) is 7.47. The molecule has 1 aromatic carbocycles. The SMILES string of the molecule is CC(C)CNCCc1nnc(-c2ccc(F)c(F)c2F)s1. The first-order chi connectivity index (χ1) is 9.99. The van der Waals surface area contributed by atoms with Crippen LogP contribution in [0.1, 0.15) is 18.9 Å². The highest BCUT2D eigenvalue weighted by Crippen LogP contribution is 2.28. The summed E-state index contributed by atoms with van der Waals surface area (Å²) in [5.41, 5.74) is -0.0622. The van der Waals surface area contributed by atoms with Crippen LogP contribution < -0.4 is 5.32 Å². The van der Waals surface area contributed by atoms with Gasteiger partial charge in [0.25, 0.3) is 0 Å². The molecule has 1 heterocycles. The Bertz CT molecular complexity index is 614. The normalized spacial score (nSPS) is 11.3. The van der Waals surface area contributed by atoms with Gasteiger partial charge in [0.05, 0.1) is 5.56 Å². The maximum atomic E-state index is 13.7. The minimum absolute atomic E-state index is 0.0622. The zero-order valence-electron chi connectivity index (χ0n) is 11.8. The zero-order valence-corrected chi connectivity index (χ0v) is 12.6. The molecular formula is C14H16F3N3S. The molecule has 0 saturated heterocycles. The number of hydrogen-bond donors (Lipinski definition) is 1. The van der Waals surface area contributed by atoms with Gasteiger partial charge in [0.15, 0.2) is 22.5 Å². The third-order valence-electron chi connectivity index (χ3n) is 2.80. The van der Waals surface area contributed by atoms with Gasteiger partial charge in [-0.1, -0.05) is 25.2 Å². The van der Waals surface area contributed by atoms with E-state index in [2.05, 4.69) is 29.4 Å². The Morgan fingerprint density at radius 3 is 2.62 bits per heavy atom. The van der Waals surface area contributed by atoms with E-state index in [1.807, 2.05) is 0 Å². The van der Waals surface area contributed by atoms with Gasteiger partial charge >= 0.3 is 0 Å². The fourth-order valence-electron chi connectivity index (χ4n) is 1.74.